The molecule has 0 saturated carbocycles. The first-order chi connectivity index (χ1) is 13.0. The molecule has 1 heterocycles. The fourth-order valence-electron chi connectivity index (χ4n) is 2.50. The summed E-state index contributed by atoms with van der Waals surface area (Å²) < 4.78 is 12.4. The number of ether oxygens (including phenoxy) is 2. The van der Waals surface area contributed by atoms with E-state index in [1.807, 2.05) is 43.3 Å². The van der Waals surface area contributed by atoms with Crippen molar-refractivity contribution in [3.8, 4) is 11.5 Å². The maximum absolute atomic E-state index is 11.8. The van der Waals surface area contributed by atoms with Gasteiger partial charge in [-0.25, -0.2) is 4.79 Å². The molecule has 2 aromatic carbocycles. The molecule has 27 heavy (non-hydrogen) atoms. The minimum absolute atomic E-state index is 0.369. The molecular formula is C20H17BrClNO4. The average molecular weight is 451 g/mol. The Morgan fingerprint density at radius 1 is 1.22 bits per heavy atom. The van der Waals surface area contributed by atoms with Crippen molar-refractivity contribution in [2.24, 2.45) is 5.16 Å². The van der Waals surface area contributed by atoms with Gasteiger partial charge in [0.15, 0.2) is 11.5 Å². The SMILES string of the molecule is CCOc1cc(/C=C2/C(=O)ON=C2C)cc(Br)c1OCc1ccc(Cl)cc1. The molecule has 7 heteroatoms. The fraction of sp³-hybridized carbons (Fsp3) is 0.200. The molecule has 1 aliphatic rings. The minimum Gasteiger partial charge on any atom is -0.490 e. The van der Waals surface area contributed by atoms with Crippen LogP contribution in [0.5, 0.6) is 11.5 Å². The van der Waals surface area contributed by atoms with Crippen molar-refractivity contribution in [2.75, 3.05) is 6.61 Å². The van der Waals surface area contributed by atoms with Crippen LogP contribution in [-0.2, 0) is 16.2 Å². The Hall–Kier alpha value is -2.31. The molecule has 0 aromatic heterocycles. The molecule has 0 fully saturated rings. The van der Waals surface area contributed by atoms with Gasteiger partial charge in [0.2, 0.25) is 0 Å². The summed E-state index contributed by atoms with van der Waals surface area (Å²) >= 11 is 9.44. The Bertz CT molecular complexity index is 922. The van der Waals surface area contributed by atoms with Gasteiger partial charge in [0.05, 0.1) is 22.4 Å². The Kier molecular flexibility index (Phi) is 6.19. The Labute approximate surface area is 170 Å². The van der Waals surface area contributed by atoms with Gasteiger partial charge in [0.1, 0.15) is 6.61 Å². The van der Waals surface area contributed by atoms with E-state index in [0.29, 0.717) is 41.0 Å². The van der Waals surface area contributed by atoms with Crippen LogP contribution in [0.15, 0.2) is 51.6 Å². The van der Waals surface area contributed by atoms with Crippen molar-refractivity contribution in [3.63, 3.8) is 0 Å². The zero-order chi connectivity index (χ0) is 19.4. The first-order valence-corrected chi connectivity index (χ1v) is 9.46. The highest BCUT2D eigenvalue weighted by Gasteiger charge is 2.22. The summed E-state index contributed by atoms with van der Waals surface area (Å²) in [7, 11) is 0. The number of carbonyl (C=O) groups excluding carboxylic acids is 1. The Balaban J connectivity index is 1.88. The van der Waals surface area contributed by atoms with Crippen molar-refractivity contribution in [3.05, 3.63) is 62.6 Å². The number of halogens is 2. The van der Waals surface area contributed by atoms with Gasteiger partial charge in [0, 0.05) is 5.02 Å². The van der Waals surface area contributed by atoms with Crippen molar-refractivity contribution < 1.29 is 19.1 Å². The third kappa shape index (κ3) is 4.70. The molecule has 1 aliphatic heterocycles. The maximum atomic E-state index is 11.8. The second kappa shape index (κ2) is 8.59. The van der Waals surface area contributed by atoms with E-state index in [1.165, 1.54) is 0 Å². The molecule has 0 bridgehead atoms. The van der Waals surface area contributed by atoms with Crippen LogP contribution in [0.4, 0.5) is 0 Å². The predicted molar refractivity (Wildman–Crippen MR) is 108 cm³/mol. The van der Waals surface area contributed by atoms with E-state index in [-0.39, 0.29) is 0 Å². The molecular weight excluding hydrogens is 434 g/mol. The van der Waals surface area contributed by atoms with Crippen LogP contribution in [-0.4, -0.2) is 18.3 Å². The molecule has 0 aliphatic carbocycles. The normalized spacial score (nSPS) is 14.9. The highest BCUT2D eigenvalue weighted by molar-refractivity contribution is 9.10. The van der Waals surface area contributed by atoms with Crippen LogP contribution in [0.1, 0.15) is 25.0 Å². The minimum atomic E-state index is -0.468. The summed E-state index contributed by atoms with van der Waals surface area (Å²) in [6.07, 6.45) is 1.71. The van der Waals surface area contributed by atoms with Crippen LogP contribution >= 0.6 is 27.5 Å². The highest BCUT2D eigenvalue weighted by Crippen LogP contribution is 2.38. The van der Waals surface area contributed by atoms with E-state index in [4.69, 9.17) is 21.1 Å². The van der Waals surface area contributed by atoms with Gasteiger partial charge in [-0.15, -0.1) is 0 Å². The second-order valence-electron chi connectivity index (χ2n) is 5.79. The number of hydrogen-bond donors (Lipinski definition) is 0. The lowest BCUT2D eigenvalue weighted by molar-refractivity contribution is -0.136. The molecule has 140 valence electrons. The molecule has 3 rings (SSSR count). The Morgan fingerprint density at radius 2 is 1.96 bits per heavy atom. The number of nitrogens with zero attached hydrogens (tertiary/aromatic N) is 1. The van der Waals surface area contributed by atoms with Gasteiger partial charge in [-0.1, -0.05) is 28.9 Å². The van der Waals surface area contributed by atoms with E-state index in [2.05, 4.69) is 25.9 Å². The largest absolute Gasteiger partial charge is 0.490 e. The number of benzene rings is 2. The van der Waals surface area contributed by atoms with Crippen LogP contribution in [0.25, 0.3) is 6.08 Å². The lowest BCUT2D eigenvalue weighted by Crippen LogP contribution is -2.03. The van der Waals surface area contributed by atoms with Crippen LogP contribution in [0.2, 0.25) is 5.02 Å². The van der Waals surface area contributed by atoms with Gasteiger partial charge in [-0.2, -0.15) is 0 Å². The molecule has 2 aromatic rings. The summed E-state index contributed by atoms with van der Waals surface area (Å²) in [4.78, 5) is 16.4. The molecule has 5 nitrogen and oxygen atoms in total. The van der Waals surface area contributed by atoms with Crippen molar-refractivity contribution in [1.29, 1.82) is 0 Å². The topological polar surface area (TPSA) is 57.1 Å². The van der Waals surface area contributed by atoms with Gasteiger partial charge < -0.3 is 14.3 Å². The predicted octanol–water partition coefficient (Wildman–Crippen LogP) is 5.40. The molecule has 0 N–H and O–H groups in total. The van der Waals surface area contributed by atoms with Crippen LogP contribution in [0, 0.1) is 0 Å². The monoisotopic (exact) mass is 449 g/mol. The quantitative estimate of drug-likeness (QED) is 0.437. The third-order valence-corrected chi connectivity index (χ3v) is 4.66. The zero-order valence-electron chi connectivity index (χ0n) is 14.8. The molecule has 0 amide bonds. The smallest absolute Gasteiger partial charge is 0.367 e. The summed E-state index contributed by atoms with van der Waals surface area (Å²) in [5, 5.41) is 4.36. The maximum Gasteiger partial charge on any atom is 0.367 e. The average Bonchev–Trinajstić information content (AvgIpc) is 2.95. The van der Waals surface area contributed by atoms with Crippen molar-refractivity contribution >= 4 is 45.3 Å². The summed E-state index contributed by atoms with van der Waals surface area (Å²) in [5.74, 6) is 0.701. The Morgan fingerprint density at radius 3 is 2.59 bits per heavy atom. The van der Waals surface area contributed by atoms with Gasteiger partial charge in [-0.05, 0) is 71.2 Å². The number of oxime groups is 1. The van der Waals surface area contributed by atoms with Crippen LogP contribution < -0.4 is 9.47 Å². The van der Waals surface area contributed by atoms with Crippen LogP contribution in [0.3, 0.4) is 0 Å². The molecule has 0 atom stereocenters. The van der Waals surface area contributed by atoms with Gasteiger partial charge >= 0.3 is 5.97 Å². The number of rotatable bonds is 6. The van der Waals surface area contributed by atoms with E-state index in [0.717, 1.165) is 15.6 Å². The molecule has 0 radical (unpaired) electrons. The summed E-state index contributed by atoms with van der Waals surface area (Å²) in [6, 6.07) is 11.1. The van der Waals surface area contributed by atoms with Gasteiger partial charge in [-0.3, -0.25) is 0 Å². The number of hydrogen-bond acceptors (Lipinski definition) is 5. The summed E-state index contributed by atoms with van der Waals surface area (Å²) in [6.45, 7) is 4.46. The first kappa shape index (κ1) is 19.5. The van der Waals surface area contributed by atoms with E-state index in [9.17, 15) is 4.79 Å². The third-order valence-electron chi connectivity index (χ3n) is 3.81. The molecule has 0 saturated heterocycles. The second-order valence-corrected chi connectivity index (χ2v) is 7.08. The fourth-order valence-corrected chi connectivity index (χ4v) is 3.20. The highest BCUT2D eigenvalue weighted by atomic mass is 79.9. The molecule has 0 unspecified atom stereocenters. The molecule has 0 spiro atoms. The lowest BCUT2D eigenvalue weighted by Gasteiger charge is -2.15. The summed E-state index contributed by atoms with van der Waals surface area (Å²) in [5.41, 5.74) is 2.71. The van der Waals surface area contributed by atoms with Crippen molar-refractivity contribution in [1.82, 2.24) is 0 Å². The first-order valence-electron chi connectivity index (χ1n) is 8.29. The van der Waals surface area contributed by atoms with Gasteiger partial charge in [0.25, 0.3) is 0 Å². The zero-order valence-corrected chi connectivity index (χ0v) is 17.1. The van der Waals surface area contributed by atoms with E-state index in [1.54, 1.807) is 13.0 Å². The van der Waals surface area contributed by atoms with E-state index >= 15 is 0 Å². The number of carbonyl (C=O) groups is 1. The lowest BCUT2D eigenvalue weighted by atomic mass is 10.1. The standard InChI is InChI=1S/C20H17BrClNO4/c1-3-25-18-10-14(8-16-12(2)23-27-20(16)24)9-17(21)19(18)26-11-13-4-6-15(22)7-5-13/h4-10H,3,11H2,1-2H3/b16-8+. The van der Waals surface area contributed by atoms with E-state index < -0.39 is 5.97 Å². The van der Waals surface area contributed by atoms with Crippen molar-refractivity contribution in [2.45, 2.75) is 20.5 Å².